The molecule has 6 heteroatoms. The molecule has 1 heterocycles. The summed E-state index contributed by atoms with van der Waals surface area (Å²) < 4.78 is 0. The number of halogens is 2. The number of nitrogens with one attached hydrogen (secondary N) is 1. The first kappa shape index (κ1) is 17.5. The van der Waals surface area contributed by atoms with Crippen molar-refractivity contribution in [2.24, 2.45) is 0 Å². The van der Waals surface area contributed by atoms with Crippen LogP contribution in [0.4, 0.5) is 0 Å². The highest BCUT2D eigenvalue weighted by atomic mass is 35.5. The van der Waals surface area contributed by atoms with E-state index < -0.39 is 0 Å². The molecule has 1 aliphatic rings. The summed E-state index contributed by atoms with van der Waals surface area (Å²) in [4.78, 5) is 16.4. The van der Waals surface area contributed by atoms with Crippen molar-refractivity contribution in [2.45, 2.75) is 13.3 Å². The Hall–Kier alpha value is -0.810. The fourth-order valence-corrected chi connectivity index (χ4v) is 3.07. The minimum Gasteiger partial charge on any atom is -0.339 e. The van der Waals surface area contributed by atoms with Gasteiger partial charge in [0.25, 0.3) is 0 Å². The second-order valence-corrected chi connectivity index (χ2v) is 6.32. The van der Waals surface area contributed by atoms with Gasteiger partial charge in [-0.2, -0.15) is 0 Å². The van der Waals surface area contributed by atoms with Crippen LogP contribution in [0.5, 0.6) is 0 Å². The number of hydrogen-bond acceptors (Lipinski definition) is 3. The summed E-state index contributed by atoms with van der Waals surface area (Å²) in [6, 6.07) is 5.51. The maximum absolute atomic E-state index is 12.1. The fraction of sp³-hybridized carbons (Fsp3) is 0.562. The molecule has 1 N–H and O–H groups in total. The van der Waals surface area contributed by atoms with E-state index in [0.717, 1.165) is 51.3 Å². The Morgan fingerprint density at radius 2 is 1.95 bits per heavy atom. The predicted molar refractivity (Wildman–Crippen MR) is 91.7 cm³/mol. The standard InChI is InChI=1S/C16H23Cl2N3O/c1-2-20-7-9-21(10-8-20)16(22)12-19-6-5-13-3-4-14(17)11-15(13)18/h3-4,11,19H,2,5-10,12H2,1H3. The zero-order chi connectivity index (χ0) is 15.9. The Bertz CT molecular complexity index is 502. The Kier molecular flexibility index (Phi) is 6.96. The zero-order valence-electron chi connectivity index (χ0n) is 12.9. The first-order valence-corrected chi connectivity index (χ1v) is 8.50. The average molecular weight is 344 g/mol. The Labute approximate surface area is 142 Å². The summed E-state index contributed by atoms with van der Waals surface area (Å²) in [6.45, 7) is 7.93. The SMILES string of the molecule is CCN1CCN(C(=O)CNCCc2ccc(Cl)cc2Cl)CC1. The van der Waals surface area contributed by atoms with Crippen LogP contribution in [-0.4, -0.2) is 61.5 Å². The normalized spacial score (nSPS) is 16.0. The summed E-state index contributed by atoms with van der Waals surface area (Å²) in [5.41, 5.74) is 1.04. The smallest absolute Gasteiger partial charge is 0.236 e. The summed E-state index contributed by atoms with van der Waals surface area (Å²) in [5.74, 6) is 0.179. The molecule has 1 aromatic rings. The van der Waals surface area contributed by atoms with Gasteiger partial charge in [0.1, 0.15) is 0 Å². The topological polar surface area (TPSA) is 35.6 Å². The van der Waals surface area contributed by atoms with Gasteiger partial charge in [0.2, 0.25) is 5.91 Å². The van der Waals surface area contributed by atoms with E-state index in [2.05, 4.69) is 17.1 Å². The molecule has 0 atom stereocenters. The molecule has 4 nitrogen and oxygen atoms in total. The Morgan fingerprint density at radius 1 is 1.23 bits per heavy atom. The summed E-state index contributed by atoms with van der Waals surface area (Å²) in [6.07, 6.45) is 0.785. The molecule has 0 unspecified atom stereocenters. The van der Waals surface area contributed by atoms with Crippen molar-refractivity contribution < 1.29 is 4.79 Å². The van der Waals surface area contributed by atoms with E-state index in [0.29, 0.717) is 16.6 Å². The summed E-state index contributed by atoms with van der Waals surface area (Å²) in [5, 5.41) is 4.52. The van der Waals surface area contributed by atoms with E-state index in [-0.39, 0.29) is 5.91 Å². The molecular weight excluding hydrogens is 321 g/mol. The van der Waals surface area contributed by atoms with Crippen LogP contribution in [0.1, 0.15) is 12.5 Å². The van der Waals surface area contributed by atoms with Crippen molar-refractivity contribution in [3.8, 4) is 0 Å². The third kappa shape index (κ3) is 5.13. The third-order valence-corrected chi connectivity index (χ3v) is 4.62. The first-order valence-electron chi connectivity index (χ1n) is 7.75. The lowest BCUT2D eigenvalue weighted by Crippen LogP contribution is -2.50. The van der Waals surface area contributed by atoms with Crippen LogP contribution in [-0.2, 0) is 11.2 Å². The van der Waals surface area contributed by atoms with Gasteiger partial charge < -0.3 is 15.1 Å². The minimum absolute atomic E-state index is 0.179. The molecule has 1 aliphatic heterocycles. The van der Waals surface area contributed by atoms with Gasteiger partial charge >= 0.3 is 0 Å². The van der Waals surface area contributed by atoms with Crippen LogP contribution in [0.15, 0.2) is 18.2 Å². The summed E-state index contributed by atoms with van der Waals surface area (Å²) >= 11 is 12.0. The Morgan fingerprint density at radius 3 is 2.59 bits per heavy atom. The largest absolute Gasteiger partial charge is 0.339 e. The number of likely N-dealkylation sites (N-methyl/N-ethyl adjacent to an activating group) is 1. The molecule has 1 saturated heterocycles. The second-order valence-electron chi connectivity index (χ2n) is 5.48. The van der Waals surface area contributed by atoms with Gasteiger partial charge in [-0.1, -0.05) is 36.2 Å². The number of carbonyl (C=O) groups excluding carboxylic acids is 1. The number of piperazine rings is 1. The number of amides is 1. The predicted octanol–water partition coefficient (Wildman–Crippen LogP) is 2.29. The molecule has 1 fully saturated rings. The second kappa shape index (κ2) is 8.73. The van der Waals surface area contributed by atoms with Gasteiger partial charge in [0, 0.05) is 36.2 Å². The van der Waals surface area contributed by atoms with Gasteiger partial charge in [0.05, 0.1) is 6.54 Å². The van der Waals surface area contributed by atoms with Crippen molar-refractivity contribution in [3.05, 3.63) is 33.8 Å². The van der Waals surface area contributed by atoms with Crippen molar-refractivity contribution in [3.63, 3.8) is 0 Å². The average Bonchev–Trinajstić information content (AvgIpc) is 2.53. The molecule has 0 aromatic heterocycles. The molecular formula is C16H23Cl2N3O. The van der Waals surface area contributed by atoms with Gasteiger partial charge in [-0.3, -0.25) is 4.79 Å². The van der Waals surface area contributed by atoms with E-state index in [1.54, 1.807) is 6.07 Å². The number of benzene rings is 1. The van der Waals surface area contributed by atoms with Crippen molar-refractivity contribution in [1.29, 1.82) is 0 Å². The van der Waals surface area contributed by atoms with Gasteiger partial charge in [0.15, 0.2) is 0 Å². The van der Waals surface area contributed by atoms with E-state index in [9.17, 15) is 4.79 Å². The molecule has 0 saturated carbocycles. The van der Waals surface area contributed by atoms with Crippen LogP contribution < -0.4 is 5.32 Å². The highest BCUT2D eigenvalue weighted by Gasteiger charge is 2.19. The fourth-order valence-electron chi connectivity index (χ4n) is 2.57. The maximum atomic E-state index is 12.1. The number of nitrogens with zero attached hydrogens (tertiary/aromatic N) is 2. The number of carbonyl (C=O) groups is 1. The molecule has 1 aromatic carbocycles. The molecule has 0 radical (unpaired) electrons. The highest BCUT2D eigenvalue weighted by Crippen LogP contribution is 2.20. The lowest BCUT2D eigenvalue weighted by Gasteiger charge is -2.34. The quantitative estimate of drug-likeness (QED) is 0.805. The molecule has 2 rings (SSSR count). The molecule has 122 valence electrons. The molecule has 22 heavy (non-hydrogen) atoms. The van der Waals surface area contributed by atoms with Crippen molar-refractivity contribution >= 4 is 29.1 Å². The highest BCUT2D eigenvalue weighted by molar-refractivity contribution is 6.35. The van der Waals surface area contributed by atoms with Crippen LogP contribution >= 0.6 is 23.2 Å². The zero-order valence-corrected chi connectivity index (χ0v) is 14.5. The van der Waals surface area contributed by atoms with Crippen molar-refractivity contribution in [2.75, 3.05) is 45.8 Å². The molecule has 0 aliphatic carbocycles. The van der Waals surface area contributed by atoms with E-state index in [4.69, 9.17) is 23.2 Å². The molecule has 0 spiro atoms. The van der Waals surface area contributed by atoms with Gasteiger partial charge in [-0.15, -0.1) is 0 Å². The van der Waals surface area contributed by atoms with Crippen LogP contribution in [0, 0.1) is 0 Å². The number of rotatable bonds is 6. The van der Waals surface area contributed by atoms with Crippen LogP contribution in [0.3, 0.4) is 0 Å². The Balaban J connectivity index is 1.67. The van der Waals surface area contributed by atoms with Crippen LogP contribution in [0.2, 0.25) is 10.0 Å². The summed E-state index contributed by atoms with van der Waals surface area (Å²) in [7, 11) is 0. The third-order valence-electron chi connectivity index (χ3n) is 4.03. The first-order chi connectivity index (χ1) is 10.6. The van der Waals surface area contributed by atoms with E-state index in [1.807, 2.05) is 17.0 Å². The minimum atomic E-state index is 0.179. The van der Waals surface area contributed by atoms with Gasteiger partial charge in [-0.25, -0.2) is 0 Å². The molecule has 0 bridgehead atoms. The van der Waals surface area contributed by atoms with Gasteiger partial charge in [-0.05, 0) is 37.2 Å². The van der Waals surface area contributed by atoms with E-state index >= 15 is 0 Å². The van der Waals surface area contributed by atoms with Crippen molar-refractivity contribution in [1.82, 2.24) is 15.1 Å². The maximum Gasteiger partial charge on any atom is 0.236 e. The lowest BCUT2D eigenvalue weighted by molar-refractivity contribution is -0.131. The lowest BCUT2D eigenvalue weighted by atomic mass is 10.1. The van der Waals surface area contributed by atoms with E-state index in [1.165, 1.54) is 0 Å². The number of hydrogen-bond donors (Lipinski definition) is 1. The monoisotopic (exact) mass is 343 g/mol. The van der Waals surface area contributed by atoms with Crippen LogP contribution in [0.25, 0.3) is 0 Å². The molecule has 1 amide bonds.